The third-order valence-electron chi connectivity index (χ3n) is 2.91. The number of nitrogen functional groups attached to an aromatic ring is 1. The average Bonchev–Trinajstić information content (AvgIpc) is 2.90. The van der Waals surface area contributed by atoms with E-state index in [1.54, 1.807) is 22.6 Å². The van der Waals surface area contributed by atoms with Gasteiger partial charge in [-0.15, -0.1) is 16.9 Å². The van der Waals surface area contributed by atoms with Crippen LogP contribution >= 0.6 is 11.8 Å². The molecule has 3 aromatic rings. The molecule has 0 aliphatic heterocycles. The Morgan fingerprint density at radius 2 is 2.05 bits per heavy atom. The number of thioether (sulfide) groups is 1. The highest BCUT2D eigenvalue weighted by molar-refractivity contribution is 7.98. The number of nitrogens with two attached hydrogens (primary N) is 1. The first kappa shape index (κ1) is 12.7. The fourth-order valence-electron chi connectivity index (χ4n) is 1.91. The maximum Gasteiger partial charge on any atom is 0.157 e. The summed E-state index contributed by atoms with van der Waals surface area (Å²) in [5, 5.41) is 8.27. The maximum absolute atomic E-state index is 6.15. The van der Waals surface area contributed by atoms with Crippen molar-refractivity contribution in [2.24, 2.45) is 0 Å². The molecule has 5 nitrogen and oxygen atoms in total. The highest BCUT2D eigenvalue weighted by atomic mass is 32.2. The molecule has 100 valence electrons. The van der Waals surface area contributed by atoms with Crippen LogP contribution in [0.5, 0.6) is 0 Å². The number of pyridine rings is 1. The molecule has 0 bridgehead atoms. The van der Waals surface area contributed by atoms with Gasteiger partial charge in [0.1, 0.15) is 0 Å². The lowest BCUT2D eigenvalue weighted by Crippen LogP contribution is -2.02. The lowest BCUT2D eigenvalue weighted by Gasteiger charge is -2.05. The summed E-state index contributed by atoms with van der Waals surface area (Å²) in [6, 6.07) is 13.6. The predicted octanol–water partition coefficient (Wildman–Crippen LogP) is 2.63. The topological polar surface area (TPSA) is 69.6 Å². The Labute approximate surface area is 120 Å². The largest absolute Gasteiger partial charge is 0.382 e. The highest BCUT2D eigenvalue weighted by Gasteiger charge is 2.13. The third kappa shape index (κ3) is 2.25. The normalized spacial score (nSPS) is 10.7. The molecule has 0 radical (unpaired) electrons. The first-order valence-electron chi connectivity index (χ1n) is 6.06. The molecule has 0 atom stereocenters. The van der Waals surface area contributed by atoms with E-state index in [0.29, 0.717) is 11.5 Å². The predicted molar refractivity (Wildman–Crippen MR) is 80.8 cm³/mol. The minimum absolute atomic E-state index is 0.488. The maximum atomic E-state index is 6.15. The third-order valence-corrected chi connectivity index (χ3v) is 3.64. The molecule has 0 aliphatic rings. The molecule has 0 saturated carbocycles. The smallest absolute Gasteiger partial charge is 0.157 e. The first-order chi connectivity index (χ1) is 9.79. The SMILES string of the molecule is CSc1cccc(-n2nnc(-c3ccccn3)c2N)c1. The standard InChI is InChI=1S/C14H13N5S/c1-20-11-6-4-5-10(9-11)19-14(15)13(17-18-19)12-7-2-3-8-16-12/h2-9H,15H2,1H3. The molecule has 2 heterocycles. The van der Waals surface area contributed by atoms with Crippen molar-refractivity contribution in [2.45, 2.75) is 4.90 Å². The van der Waals surface area contributed by atoms with Crippen LogP contribution in [0.4, 0.5) is 5.82 Å². The van der Waals surface area contributed by atoms with Crippen LogP contribution in [-0.2, 0) is 0 Å². The van der Waals surface area contributed by atoms with E-state index in [0.717, 1.165) is 16.3 Å². The summed E-state index contributed by atoms with van der Waals surface area (Å²) >= 11 is 1.67. The molecule has 0 amide bonds. The second-order valence-electron chi connectivity index (χ2n) is 4.15. The van der Waals surface area contributed by atoms with Crippen LogP contribution in [-0.4, -0.2) is 26.2 Å². The van der Waals surface area contributed by atoms with Gasteiger partial charge in [0.25, 0.3) is 0 Å². The van der Waals surface area contributed by atoms with Crippen LogP contribution in [0.1, 0.15) is 0 Å². The summed E-state index contributed by atoms with van der Waals surface area (Å²) in [7, 11) is 0. The first-order valence-corrected chi connectivity index (χ1v) is 7.29. The summed E-state index contributed by atoms with van der Waals surface area (Å²) in [5.74, 6) is 0.488. The molecular weight excluding hydrogens is 270 g/mol. The Bertz CT molecular complexity index is 723. The number of nitrogens with zero attached hydrogens (tertiary/aromatic N) is 4. The number of anilines is 1. The molecule has 20 heavy (non-hydrogen) atoms. The van der Waals surface area contributed by atoms with Crippen molar-refractivity contribution in [1.82, 2.24) is 20.0 Å². The Morgan fingerprint density at radius 3 is 2.80 bits per heavy atom. The monoisotopic (exact) mass is 283 g/mol. The fraction of sp³-hybridized carbons (Fsp3) is 0.0714. The van der Waals surface area contributed by atoms with E-state index >= 15 is 0 Å². The quantitative estimate of drug-likeness (QED) is 0.748. The van der Waals surface area contributed by atoms with E-state index < -0.39 is 0 Å². The fourth-order valence-corrected chi connectivity index (χ4v) is 2.36. The van der Waals surface area contributed by atoms with Crippen molar-refractivity contribution in [2.75, 3.05) is 12.0 Å². The van der Waals surface area contributed by atoms with Crippen molar-refractivity contribution < 1.29 is 0 Å². The van der Waals surface area contributed by atoms with Crippen molar-refractivity contribution in [3.8, 4) is 17.1 Å². The molecule has 0 unspecified atom stereocenters. The number of benzene rings is 1. The molecule has 1 aromatic carbocycles. The lowest BCUT2D eigenvalue weighted by molar-refractivity contribution is 0.808. The Balaban J connectivity index is 2.06. The summed E-state index contributed by atoms with van der Waals surface area (Å²) in [6.45, 7) is 0. The van der Waals surface area contributed by atoms with Crippen molar-refractivity contribution in [3.63, 3.8) is 0 Å². The van der Waals surface area contributed by atoms with Gasteiger partial charge in [-0.05, 0) is 36.6 Å². The zero-order chi connectivity index (χ0) is 13.9. The van der Waals surface area contributed by atoms with Gasteiger partial charge in [-0.25, -0.2) is 0 Å². The summed E-state index contributed by atoms with van der Waals surface area (Å²) in [4.78, 5) is 5.40. The minimum atomic E-state index is 0.488. The van der Waals surface area contributed by atoms with Gasteiger partial charge in [-0.1, -0.05) is 17.3 Å². The zero-order valence-electron chi connectivity index (χ0n) is 10.9. The van der Waals surface area contributed by atoms with Gasteiger partial charge in [0.05, 0.1) is 11.4 Å². The average molecular weight is 283 g/mol. The van der Waals surface area contributed by atoms with Crippen LogP contribution in [0.15, 0.2) is 53.6 Å². The van der Waals surface area contributed by atoms with Crippen LogP contribution in [0.3, 0.4) is 0 Å². The number of aromatic nitrogens is 4. The second-order valence-corrected chi connectivity index (χ2v) is 5.03. The molecule has 3 rings (SSSR count). The Morgan fingerprint density at radius 1 is 1.15 bits per heavy atom. The number of rotatable bonds is 3. The summed E-state index contributed by atoms with van der Waals surface area (Å²) < 4.78 is 1.63. The highest BCUT2D eigenvalue weighted by Crippen LogP contribution is 2.25. The Kier molecular flexibility index (Phi) is 3.39. The van der Waals surface area contributed by atoms with Gasteiger partial charge in [0.2, 0.25) is 0 Å². The van der Waals surface area contributed by atoms with Gasteiger partial charge in [-0.2, -0.15) is 4.68 Å². The van der Waals surface area contributed by atoms with Crippen LogP contribution in [0, 0.1) is 0 Å². The van der Waals surface area contributed by atoms with E-state index in [1.165, 1.54) is 0 Å². The van der Waals surface area contributed by atoms with Crippen molar-refractivity contribution >= 4 is 17.6 Å². The van der Waals surface area contributed by atoms with Crippen LogP contribution in [0.2, 0.25) is 0 Å². The van der Waals surface area contributed by atoms with E-state index in [-0.39, 0.29) is 0 Å². The lowest BCUT2D eigenvalue weighted by atomic mass is 10.2. The molecule has 0 fully saturated rings. The summed E-state index contributed by atoms with van der Waals surface area (Å²) in [6.07, 6.45) is 3.74. The van der Waals surface area contributed by atoms with Gasteiger partial charge in [-0.3, -0.25) is 4.98 Å². The van der Waals surface area contributed by atoms with Gasteiger partial charge >= 0.3 is 0 Å². The molecule has 2 N–H and O–H groups in total. The van der Waals surface area contributed by atoms with Gasteiger partial charge < -0.3 is 5.73 Å². The van der Waals surface area contributed by atoms with E-state index in [9.17, 15) is 0 Å². The van der Waals surface area contributed by atoms with Crippen molar-refractivity contribution in [3.05, 3.63) is 48.7 Å². The molecule has 0 spiro atoms. The molecule has 0 aliphatic carbocycles. The van der Waals surface area contributed by atoms with Crippen LogP contribution < -0.4 is 5.73 Å². The van der Waals surface area contributed by atoms with Gasteiger partial charge in [0.15, 0.2) is 11.5 Å². The second kappa shape index (κ2) is 5.34. The molecular formula is C14H13N5S. The number of hydrogen-bond acceptors (Lipinski definition) is 5. The van der Waals surface area contributed by atoms with E-state index in [2.05, 4.69) is 15.3 Å². The zero-order valence-corrected chi connectivity index (χ0v) is 11.7. The van der Waals surface area contributed by atoms with Crippen LogP contribution in [0.25, 0.3) is 17.1 Å². The molecule has 6 heteroatoms. The van der Waals surface area contributed by atoms with Crippen molar-refractivity contribution in [1.29, 1.82) is 0 Å². The van der Waals surface area contributed by atoms with Gasteiger partial charge in [0, 0.05) is 11.1 Å². The van der Waals surface area contributed by atoms with E-state index in [4.69, 9.17) is 5.73 Å². The Hall–Kier alpha value is -2.34. The molecule has 0 saturated heterocycles. The minimum Gasteiger partial charge on any atom is -0.382 e. The number of hydrogen-bond donors (Lipinski definition) is 1. The van der Waals surface area contributed by atoms with E-state index in [1.807, 2.05) is 48.7 Å². The molecule has 2 aromatic heterocycles. The summed E-state index contributed by atoms with van der Waals surface area (Å²) in [5.41, 5.74) is 8.36.